The molecule has 0 saturated heterocycles. The van der Waals surface area contributed by atoms with E-state index in [0.717, 1.165) is 18.3 Å². The predicted molar refractivity (Wildman–Crippen MR) is 82.6 cm³/mol. The monoisotopic (exact) mass is 254 g/mol. The molecule has 0 N–H and O–H groups in total. The Balaban J connectivity index is 2.10. The van der Waals surface area contributed by atoms with E-state index in [1.165, 1.54) is 11.1 Å². The average Bonchev–Trinajstić information content (AvgIpc) is 3.00. The first-order chi connectivity index (χ1) is 8.89. The zero-order valence-corrected chi connectivity index (χ0v) is 13.2. The van der Waals surface area contributed by atoms with Crippen LogP contribution in [0.3, 0.4) is 0 Å². The van der Waals surface area contributed by atoms with Gasteiger partial charge in [0.1, 0.15) is 0 Å². The van der Waals surface area contributed by atoms with Crippen molar-refractivity contribution in [2.75, 3.05) is 0 Å². The van der Waals surface area contributed by atoms with E-state index >= 15 is 0 Å². The summed E-state index contributed by atoms with van der Waals surface area (Å²) in [5.41, 5.74) is 8.37. The van der Waals surface area contributed by atoms with Gasteiger partial charge >= 0.3 is 0 Å². The standard InChI is InChI=1S/C19H26/c1-11(2)14(5)19(6)16-10-9-15-12(3)7-8-13(4)17(15)18(16)19/h7-8,10-11,14,18H,9H2,1-6H3. The number of hydrogen-bond donors (Lipinski definition) is 0. The van der Waals surface area contributed by atoms with Crippen LogP contribution in [0.25, 0.3) is 0 Å². The van der Waals surface area contributed by atoms with Crippen LogP contribution in [0.1, 0.15) is 55.9 Å². The molecule has 3 unspecified atom stereocenters. The fourth-order valence-electron chi connectivity index (χ4n) is 4.27. The molecule has 0 bridgehead atoms. The second kappa shape index (κ2) is 3.98. The Morgan fingerprint density at radius 3 is 2.37 bits per heavy atom. The maximum Gasteiger partial charge on any atom is 0.0154 e. The molecule has 2 aliphatic rings. The Kier molecular flexibility index (Phi) is 2.71. The van der Waals surface area contributed by atoms with Gasteiger partial charge in [-0.05, 0) is 54.4 Å². The molecular weight excluding hydrogens is 228 g/mol. The highest BCUT2D eigenvalue weighted by Crippen LogP contribution is 2.71. The zero-order chi connectivity index (χ0) is 13.9. The summed E-state index contributed by atoms with van der Waals surface area (Å²) in [6, 6.07) is 4.61. The van der Waals surface area contributed by atoms with Gasteiger partial charge in [0.15, 0.2) is 0 Å². The van der Waals surface area contributed by atoms with Crippen LogP contribution in [0.5, 0.6) is 0 Å². The van der Waals surface area contributed by atoms with Gasteiger partial charge in [-0.25, -0.2) is 0 Å². The third-order valence-electron chi connectivity index (χ3n) is 6.02. The molecule has 0 aliphatic heterocycles. The van der Waals surface area contributed by atoms with E-state index < -0.39 is 0 Å². The van der Waals surface area contributed by atoms with Crippen LogP contribution in [0.15, 0.2) is 23.8 Å². The van der Waals surface area contributed by atoms with Crippen molar-refractivity contribution < 1.29 is 0 Å². The molecule has 102 valence electrons. The molecule has 0 aromatic heterocycles. The molecule has 19 heavy (non-hydrogen) atoms. The summed E-state index contributed by atoms with van der Waals surface area (Å²) in [5, 5.41) is 0. The first-order valence-electron chi connectivity index (χ1n) is 7.68. The maximum atomic E-state index is 2.53. The van der Waals surface area contributed by atoms with Gasteiger partial charge in [0.25, 0.3) is 0 Å². The molecule has 0 amide bonds. The Bertz CT molecular complexity index is 562. The second-order valence-electron chi connectivity index (χ2n) is 7.20. The quantitative estimate of drug-likeness (QED) is 0.638. The van der Waals surface area contributed by atoms with Crippen molar-refractivity contribution in [2.24, 2.45) is 17.3 Å². The fraction of sp³-hybridized carbons (Fsp3) is 0.579. The SMILES string of the molecule is Cc1ccc(C)c2c1CC=C1C2C1(C)C(C)C(C)C. The van der Waals surface area contributed by atoms with Crippen molar-refractivity contribution in [1.29, 1.82) is 0 Å². The molecule has 1 aromatic rings. The summed E-state index contributed by atoms with van der Waals surface area (Å²) in [7, 11) is 0. The van der Waals surface area contributed by atoms with Crippen LogP contribution in [0, 0.1) is 31.1 Å². The lowest BCUT2D eigenvalue weighted by molar-refractivity contribution is 0.279. The molecule has 2 aliphatic carbocycles. The number of rotatable bonds is 2. The van der Waals surface area contributed by atoms with Crippen molar-refractivity contribution in [3.63, 3.8) is 0 Å². The Labute approximate surface area is 117 Å². The van der Waals surface area contributed by atoms with Gasteiger partial charge in [0.05, 0.1) is 0 Å². The molecule has 1 saturated carbocycles. The van der Waals surface area contributed by atoms with Crippen LogP contribution in [0.4, 0.5) is 0 Å². The van der Waals surface area contributed by atoms with E-state index in [4.69, 9.17) is 0 Å². The smallest absolute Gasteiger partial charge is 0.0154 e. The maximum absolute atomic E-state index is 2.53. The normalized spacial score (nSPS) is 29.6. The summed E-state index contributed by atoms with van der Waals surface area (Å²) < 4.78 is 0. The lowest BCUT2D eigenvalue weighted by Crippen LogP contribution is -2.17. The van der Waals surface area contributed by atoms with Gasteiger partial charge in [0, 0.05) is 11.3 Å². The lowest BCUT2D eigenvalue weighted by Gasteiger charge is -2.25. The second-order valence-corrected chi connectivity index (χ2v) is 7.20. The minimum atomic E-state index is 0.415. The topological polar surface area (TPSA) is 0 Å². The van der Waals surface area contributed by atoms with Crippen molar-refractivity contribution in [3.05, 3.63) is 46.0 Å². The third kappa shape index (κ3) is 1.58. The van der Waals surface area contributed by atoms with Gasteiger partial charge in [-0.1, -0.05) is 51.5 Å². The summed E-state index contributed by atoms with van der Waals surface area (Å²) in [5.74, 6) is 2.22. The molecule has 1 aromatic carbocycles. The molecule has 1 fully saturated rings. The third-order valence-corrected chi connectivity index (χ3v) is 6.02. The zero-order valence-electron chi connectivity index (χ0n) is 13.2. The van der Waals surface area contributed by atoms with Gasteiger partial charge in [0.2, 0.25) is 0 Å². The van der Waals surface area contributed by atoms with Gasteiger partial charge in [-0.3, -0.25) is 0 Å². The Hall–Kier alpha value is -1.04. The van der Waals surface area contributed by atoms with Crippen molar-refractivity contribution in [1.82, 2.24) is 0 Å². The first-order valence-corrected chi connectivity index (χ1v) is 7.68. The predicted octanol–water partition coefficient (Wildman–Crippen LogP) is 5.18. The lowest BCUT2D eigenvalue weighted by atomic mass is 9.79. The van der Waals surface area contributed by atoms with Crippen LogP contribution in [-0.4, -0.2) is 0 Å². The molecule has 0 heterocycles. The van der Waals surface area contributed by atoms with Crippen molar-refractivity contribution in [2.45, 2.75) is 53.9 Å². The van der Waals surface area contributed by atoms with Crippen LogP contribution < -0.4 is 0 Å². The van der Waals surface area contributed by atoms with Crippen LogP contribution >= 0.6 is 0 Å². The van der Waals surface area contributed by atoms with E-state index in [-0.39, 0.29) is 0 Å². The van der Waals surface area contributed by atoms with Crippen LogP contribution in [-0.2, 0) is 6.42 Å². The molecule has 3 atom stereocenters. The number of allylic oxidation sites excluding steroid dienone is 2. The average molecular weight is 254 g/mol. The molecule has 3 rings (SSSR count). The summed E-state index contributed by atoms with van der Waals surface area (Å²) in [6.45, 7) is 14.2. The van der Waals surface area contributed by atoms with E-state index in [1.807, 2.05) is 0 Å². The Morgan fingerprint density at radius 1 is 1.11 bits per heavy atom. The summed E-state index contributed by atoms with van der Waals surface area (Å²) >= 11 is 0. The highest BCUT2D eigenvalue weighted by Gasteiger charge is 2.61. The van der Waals surface area contributed by atoms with Gasteiger partial charge < -0.3 is 0 Å². The molecule has 0 radical (unpaired) electrons. The van der Waals surface area contributed by atoms with Crippen molar-refractivity contribution in [3.8, 4) is 0 Å². The number of benzene rings is 1. The molecule has 0 spiro atoms. The molecule has 0 heteroatoms. The van der Waals surface area contributed by atoms with Crippen molar-refractivity contribution >= 4 is 0 Å². The van der Waals surface area contributed by atoms with E-state index in [1.54, 1.807) is 16.7 Å². The Morgan fingerprint density at radius 2 is 1.74 bits per heavy atom. The highest BCUT2D eigenvalue weighted by atomic mass is 14.6. The number of fused-ring (bicyclic) bond motifs is 3. The number of hydrogen-bond acceptors (Lipinski definition) is 0. The molecular formula is C19H26. The van der Waals surface area contributed by atoms with Gasteiger partial charge in [-0.15, -0.1) is 0 Å². The van der Waals surface area contributed by atoms with Crippen LogP contribution in [0.2, 0.25) is 0 Å². The minimum Gasteiger partial charge on any atom is -0.0797 e. The van der Waals surface area contributed by atoms with E-state index in [0.29, 0.717) is 11.3 Å². The largest absolute Gasteiger partial charge is 0.0797 e. The first kappa shape index (κ1) is 13.0. The van der Waals surface area contributed by atoms with E-state index in [2.05, 4.69) is 59.8 Å². The highest BCUT2D eigenvalue weighted by molar-refractivity contribution is 5.61. The minimum absolute atomic E-state index is 0.415. The summed E-state index contributed by atoms with van der Waals surface area (Å²) in [6.07, 6.45) is 3.67. The summed E-state index contributed by atoms with van der Waals surface area (Å²) in [4.78, 5) is 0. The van der Waals surface area contributed by atoms with E-state index in [9.17, 15) is 0 Å². The molecule has 0 nitrogen and oxygen atoms in total. The number of aryl methyl sites for hydroxylation is 2. The van der Waals surface area contributed by atoms with Gasteiger partial charge in [-0.2, -0.15) is 0 Å². The fourth-order valence-corrected chi connectivity index (χ4v) is 4.27.